The Bertz CT molecular complexity index is 938. The Morgan fingerprint density at radius 1 is 1.29 bits per heavy atom. The number of carbonyl (C=O) groups excluding carboxylic acids is 1. The molecule has 8 nitrogen and oxygen atoms in total. The number of nitrogens with two attached hydrogens (primary N) is 1. The minimum absolute atomic E-state index is 0.437. The van der Waals surface area contributed by atoms with Gasteiger partial charge >= 0.3 is 0 Å². The van der Waals surface area contributed by atoms with Gasteiger partial charge in [0.1, 0.15) is 12.4 Å². The lowest BCUT2D eigenvalue weighted by Gasteiger charge is -2.27. The van der Waals surface area contributed by atoms with E-state index in [0.29, 0.717) is 17.2 Å². The summed E-state index contributed by atoms with van der Waals surface area (Å²) in [5, 5.41) is 14.5. The number of nitrogens with one attached hydrogen (secondary N) is 2. The minimum atomic E-state index is -0.508. The van der Waals surface area contributed by atoms with Crippen molar-refractivity contribution in [1.82, 2.24) is 25.0 Å². The fraction of sp³-hybridized carbons (Fsp3) is 0.125. The summed E-state index contributed by atoms with van der Waals surface area (Å²) in [5.74, 6) is 0.0501. The number of aromatic nitrogens is 5. The fourth-order valence-corrected chi connectivity index (χ4v) is 3.04. The van der Waals surface area contributed by atoms with E-state index in [1.807, 2.05) is 30.3 Å². The van der Waals surface area contributed by atoms with Crippen LogP contribution in [0.25, 0.3) is 11.3 Å². The molecule has 1 atom stereocenters. The Morgan fingerprint density at radius 3 is 2.83 bits per heavy atom. The molecule has 3 aromatic rings. The summed E-state index contributed by atoms with van der Waals surface area (Å²) in [4.78, 5) is 16.3. The molecular formula is C16H15N7O. The van der Waals surface area contributed by atoms with Gasteiger partial charge in [-0.15, -0.1) is 0 Å². The lowest BCUT2D eigenvalue weighted by molar-refractivity contribution is -0.115. The van der Waals surface area contributed by atoms with Crippen LogP contribution in [0.4, 0.5) is 5.95 Å². The van der Waals surface area contributed by atoms with E-state index in [2.05, 4.69) is 25.6 Å². The average molecular weight is 321 g/mol. The van der Waals surface area contributed by atoms with E-state index >= 15 is 0 Å². The first-order valence-electron chi connectivity index (χ1n) is 7.42. The lowest BCUT2D eigenvalue weighted by atomic mass is 9.93. The number of hydrogen-bond acceptors (Lipinski definition) is 5. The van der Waals surface area contributed by atoms with Crippen molar-refractivity contribution in [2.24, 2.45) is 5.73 Å². The van der Waals surface area contributed by atoms with E-state index in [9.17, 15) is 4.79 Å². The number of allylic oxidation sites excluding steroid dienone is 1. The van der Waals surface area contributed by atoms with Crippen LogP contribution < -0.4 is 11.1 Å². The standard InChI is InChI=1S/C16H15N7O/c1-9-12(15(17)24)14(23-16(21-9)18-8-20-23)11-7-19-22-13(11)10-5-3-2-4-6-10/h2-8,14H,1H3,(H2,17,24)(H,19,22)(H,18,20,21)/t14-/m0/s1. The molecule has 1 aliphatic heterocycles. The highest BCUT2D eigenvalue weighted by atomic mass is 16.1. The van der Waals surface area contributed by atoms with E-state index in [4.69, 9.17) is 5.73 Å². The van der Waals surface area contributed by atoms with Crippen molar-refractivity contribution in [2.45, 2.75) is 13.0 Å². The second kappa shape index (κ2) is 5.34. The molecule has 1 aliphatic rings. The normalized spacial score (nSPS) is 16.6. The van der Waals surface area contributed by atoms with Crippen LogP contribution in [-0.4, -0.2) is 30.9 Å². The maximum Gasteiger partial charge on any atom is 0.248 e. The third-order valence-electron chi connectivity index (χ3n) is 4.09. The first-order valence-corrected chi connectivity index (χ1v) is 7.42. The predicted molar refractivity (Wildman–Crippen MR) is 87.7 cm³/mol. The molecule has 120 valence electrons. The van der Waals surface area contributed by atoms with E-state index < -0.39 is 11.9 Å². The van der Waals surface area contributed by atoms with Crippen LogP contribution >= 0.6 is 0 Å². The molecule has 2 aromatic heterocycles. The highest BCUT2D eigenvalue weighted by Crippen LogP contribution is 2.37. The Balaban J connectivity index is 1.93. The summed E-state index contributed by atoms with van der Waals surface area (Å²) in [5.41, 5.74) is 9.32. The van der Waals surface area contributed by atoms with Crippen LogP contribution in [0, 0.1) is 0 Å². The molecule has 0 fully saturated rings. The molecule has 0 radical (unpaired) electrons. The van der Waals surface area contributed by atoms with Gasteiger partial charge in [0.25, 0.3) is 0 Å². The third-order valence-corrected chi connectivity index (χ3v) is 4.09. The topological polar surface area (TPSA) is 115 Å². The Hall–Kier alpha value is -3.42. The number of rotatable bonds is 3. The summed E-state index contributed by atoms with van der Waals surface area (Å²) < 4.78 is 1.64. The zero-order valence-electron chi connectivity index (χ0n) is 12.9. The van der Waals surface area contributed by atoms with Gasteiger partial charge in [-0.25, -0.2) is 4.68 Å². The Kier molecular flexibility index (Phi) is 3.16. The number of fused-ring (bicyclic) bond motifs is 1. The number of hydrogen-bond donors (Lipinski definition) is 3. The molecule has 0 aliphatic carbocycles. The van der Waals surface area contributed by atoms with Crippen LogP contribution in [0.15, 0.2) is 54.1 Å². The zero-order valence-corrected chi connectivity index (χ0v) is 12.9. The highest BCUT2D eigenvalue weighted by molar-refractivity contribution is 5.95. The third kappa shape index (κ3) is 2.08. The van der Waals surface area contributed by atoms with Gasteiger partial charge in [-0.3, -0.25) is 9.89 Å². The SMILES string of the molecule is CC1=C(C(N)=O)[C@H](c2cn[nH]c2-c2ccccc2)n2ncnc2N1. The number of amides is 1. The van der Waals surface area contributed by atoms with Crippen LogP contribution in [0.2, 0.25) is 0 Å². The molecule has 3 heterocycles. The summed E-state index contributed by atoms with van der Waals surface area (Å²) in [7, 11) is 0. The molecular weight excluding hydrogens is 306 g/mol. The van der Waals surface area contributed by atoms with Crippen molar-refractivity contribution in [3.05, 3.63) is 59.7 Å². The Labute approximate surface area is 137 Å². The molecule has 1 amide bonds. The van der Waals surface area contributed by atoms with Gasteiger partial charge in [-0.1, -0.05) is 30.3 Å². The van der Waals surface area contributed by atoms with Crippen molar-refractivity contribution in [3.63, 3.8) is 0 Å². The second-order valence-electron chi connectivity index (χ2n) is 5.53. The van der Waals surface area contributed by atoms with Gasteiger partial charge in [0.2, 0.25) is 11.9 Å². The molecule has 1 aromatic carbocycles. The maximum absolute atomic E-state index is 12.1. The van der Waals surface area contributed by atoms with Crippen molar-refractivity contribution < 1.29 is 4.79 Å². The van der Waals surface area contributed by atoms with Gasteiger partial charge < -0.3 is 11.1 Å². The van der Waals surface area contributed by atoms with E-state index in [0.717, 1.165) is 16.8 Å². The first kappa shape index (κ1) is 14.2. The van der Waals surface area contributed by atoms with Gasteiger partial charge in [0, 0.05) is 11.3 Å². The molecule has 0 spiro atoms. The average Bonchev–Trinajstić information content (AvgIpc) is 3.23. The molecule has 0 saturated heterocycles. The summed E-state index contributed by atoms with van der Waals surface area (Å²) >= 11 is 0. The van der Waals surface area contributed by atoms with Gasteiger partial charge in [0.05, 0.1) is 17.5 Å². The molecule has 4 rings (SSSR count). The summed E-state index contributed by atoms with van der Waals surface area (Å²) in [6, 6.07) is 9.29. The van der Waals surface area contributed by atoms with Crippen LogP contribution in [0.5, 0.6) is 0 Å². The van der Waals surface area contributed by atoms with Crippen LogP contribution in [0.1, 0.15) is 18.5 Å². The minimum Gasteiger partial charge on any atom is -0.366 e. The van der Waals surface area contributed by atoms with Crippen LogP contribution in [-0.2, 0) is 4.79 Å². The highest BCUT2D eigenvalue weighted by Gasteiger charge is 2.34. The fourth-order valence-electron chi connectivity index (χ4n) is 3.04. The van der Waals surface area contributed by atoms with E-state index in [1.54, 1.807) is 17.8 Å². The zero-order chi connectivity index (χ0) is 16.7. The van der Waals surface area contributed by atoms with Crippen molar-refractivity contribution in [1.29, 1.82) is 0 Å². The molecule has 0 bridgehead atoms. The largest absolute Gasteiger partial charge is 0.366 e. The number of benzene rings is 1. The first-order chi connectivity index (χ1) is 11.7. The van der Waals surface area contributed by atoms with E-state index in [1.165, 1.54) is 6.33 Å². The predicted octanol–water partition coefficient (Wildman–Crippen LogP) is 1.44. The monoisotopic (exact) mass is 321 g/mol. The van der Waals surface area contributed by atoms with E-state index in [-0.39, 0.29) is 0 Å². The number of anilines is 1. The second-order valence-corrected chi connectivity index (χ2v) is 5.53. The van der Waals surface area contributed by atoms with Crippen LogP contribution in [0.3, 0.4) is 0 Å². The number of nitrogens with zero attached hydrogens (tertiary/aromatic N) is 4. The van der Waals surface area contributed by atoms with Crippen molar-refractivity contribution in [2.75, 3.05) is 5.32 Å². The molecule has 0 saturated carbocycles. The summed E-state index contributed by atoms with van der Waals surface area (Å²) in [6.07, 6.45) is 3.13. The van der Waals surface area contributed by atoms with Crippen molar-refractivity contribution in [3.8, 4) is 11.3 Å². The van der Waals surface area contributed by atoms with Gasteiger partial charge in [-0.2, -0.15) is 15.2 Å². The number of primary amides is 1. The van der Waals surface area contributed by atoms with Gasteiger partial charge in [-0.05, 0) is 12.5 Å². The molecule has 24 heavy (non-hydrogen) atoms. The van der Waals surface area contributed by atoms with Gasteiger partial charge in [0.15, 0.2) is 0 Å². The maximum atomic E-state index is 12.1. The molecule has 0 unspecified atom stereocenters. The van der Waals surface area contributed by atoms with Crippen molar-refractivity contribution >= 4 is 11.9 Å². The number of carbonyl (C=O) groups is 1. The smallest absolute Gasteiger partial charge is 0.248 e. The number of aromatic amines is 1. The Morgan fingerprint density at radius 2 is 2.08 bits per heavy atom. The quantitative estimate of drug-likeness (QED) is 0.675. The number of H-pyrrole nitrogens is 1. The molecule has 4 N–H and O–H groups in total. The molecule has 8 heteroatoms. The summed E-state index contributed by atoms with van der Waals surface area (Å²) in [6.45, 7) is 1.80. The lowest BCUT2D eigenvalue weighted by Crippen LogP contribution is -2.31.